The Morgan fingerprint density at radius 3 is 2.37 bits per heavy atom. The molecule has 2 heterocycles. The Morgan fingerprint density at radius 2 is 1.81 bits per heavy atom. The predicted molar refractivity (Wildman–Crippen MR) is 111 cm³/mol. The summed E-state index contributed by atoms with van der Waals surface area (Å²) < 4.78 is 0. The molecule has 27 heavy (non-hydrogen) atoms. The number of carbonyl (C=O) groups is 1. The van der Waals surface area contributed by atoms with E-state index in [0.717, 1.165) is 26.8 Å². The number of hydrogen-bond donors (Lipinski definition) is 1. The van der Waals surface area contributed by atoms with E-state index in [4.69, 9.17) is 0 Å². The first-order valence-electron chi connectivity index (χ1n) is 8.85. The number of amidine groups is 1. The number of hydrogen-bond acceptors (Lipinski definition) is 4. The topological polar surface area (TPSA) is 65.3 Å². The smallest absolute Gasteiger partial charge is 0.247 e. The molecular weight excluding hydrogens is 358 g/mol. The van der Waals surface area contributed by atoms with Crippen molar-refractivity contribution in [2.75, 3.05) is 0 Å². The molecule has 0 saturated heterocycles. The van der Waals surface area contributed by atoms with E-state index in [0.29, 0.717) is 11.6 Å². The normalized spacial score (nSPS) is 18.5. The third kappa shape index (κ3) is 4.46. The van der Waals surface area contributed by atoms with Crippen molar-refractivity contribution >= 4 is 28.5 Å². The van der Waals surface area contributed by atoms with Gasteiger partial charge in [0.15, 0.2) is 5.17 Å². The summed E-state index contributed by atoms with van der Waals surface area (Å²) in [6.45, 7) is 8.32. The third-order valence-corrected chi connectivity index (χ3v) is 5.24. The molecule has 5 nitrogen and oxygen atoms in total. The summed E-state index contributed by atoms with van der Waals surface area (Å²) in [5.41, 5.74) is 4.00. The molecule has 0 aliphatic carbocycles. The Hall–Kier alpha value is -2.44. The number of aliphatic imine (C=N–C) groups is 2. The summed E-state index contributed by atoms with van der Waals surface area (Å²) in [5.74, 6) is -0.189. The monoisotopic (exact) mass is 381 g/mol. The van der Waals surface area contributed by atoms with Crippen LogP contribution in [0.1, 0.15) is 45.2 Å². The average molecular weight is 382 g/mol. The number of nitrogens with zero attached hydrogens (tertiary/aromatic N) is 3. The SMILES string of the molecule is CCC(=O)N=C1N=C(c2ccc(C(C)(C)C)cc2)C(=C2C=CN(O)C=C2)S1. The Labute approximate surface area is 163 Å². The van der Waals surface area contributed by atoms with Gasteiger partial charge in [-0.25, -0.2) is 10.1 Å². The molecule has 0 spiro atoms. The molecule has 1 N–H and O–H groups in total. The van der Waals surface area contributed by atoms with Crippen molar-refractivity contribution in [3.8, 4) is 0 Å². The fraction of sp³-hybridized carbons (Fsp3) is 0.286. The summed E-state index contributed by atoms with van der Waals surface area (Å²) in [4.78, 5) is 21.4. The highest BCUT2D eigenvalue weighted by Crippen LogP contribution is 2.35. The lowest BCUT2D eigenvalue weighted by molar-refractivity contribution is -0.117. The molecule has 0 saturated carbocycles. The number of thioether (sulfide) groups is 1. The van der Waals surface area contributed by atoms with Gasteiger partial charge in [-0.15, -0.1) is 0 Å². The quantitative estimate of drug-likeness (QED) is 0.799. The third-order valence-electron chi connectivity index (χ3n) is 4.24. The van der Waals surface area contributed by atoms with E-state index in [2.05, 4.69) is 55.0 Å². The van der Waals surface area contributed by atoms with Crippen LogP contribution in [0.2, 0.25) is 0 Å². The molecular formula is C21H23N3O2S. The fourth-order valence-electron chi connectivity index (χ4n) is 2.63. The van der Waals surface area contributed by atoms with Crippen LogP contribution in [0.25, 0.3) is 0 Å². The van der Waals surface area contributed by atoms with Crippen LogP contribution in [0, 0.1) is 0 Å². The summed E-state index contributed by atoms with van der Waals surface area (Å²) in [6, 6.07) is 8.33. The van der Waals surface area contributed by atoms with Crippen molar-refractivity contribution in [1.82, 2.24) is 5.06 Å². The van der Waals surface area contributed by atoms with Gasteiger partial charge in [0.2, 0.25) is 5.91 Å². The van der Waals surface area contributed by atoms with Crippen molar-refractivity contribution in [3.05, 3.63) is 70.4 Å². The van der Waals surface area contributed by atoms with E-state index in [1.807, 2.05) is 12.2 Å². The zero-order chi connectivity index (χ0) is 19.6. The van der Waals surface area contributed by atoms with Crippen molar-refractivity contribution in [2.24, 2.45) is 9.98 Å². The number of carbonyl (C=O) groups excluding carboxylic acids is 1. The number of benzene rings is 1. The number of hydroxylamine groups is 2. The molecule has 2 aliphatic rings. The molecule has 0 fully saturated rings. The fourth-order valence-corrected chi connectivity index (χ4v) is 3.61. The largest absolute Gasteiger partial charge is 0.285 e. The standard InChI is InChI=1S/C21H23N3O2S/c1-5-17(25)22-20-23-18(14-6-8-16(9-7-14)21(2,3)4)19(27-20)15-10-12-24(26)13-11-15/h6-13,26H,5H2,1-4H3. The lowest BCUT2D eigenvalue weighted by atomic mass is 9.86. The molecule has 0 radical (unpaired) electrons. The van der Waals surface area contributed by atoms with Crippen molar-refractivity contribution in [1.29, 1.82) is 0 Å². The average Bonchev–Trinajstić information content (AvgIpc) is 3.05. The highest BCUT2D eigenvalue weighted by Gasteiger charge is 2.25. The first-order chi connectivity index (χ1) is 12.8. The summed E-state index contributed by atoms with van der Waals surface area (Å²) in [6.07, 6.45) is 7.10. The van der Waals surface area contributed by atoms with Gasteiger partial charge >= 0.3 is 0 Å². The van der Waals surface area contributed by atoms with Gasteiger partial charge in [0, 0.05) is 29.3 Å². The molecule has 1 aromatic rings. The summed E-state index contributed by atoms with van der Waals surface area (Å²) >= 11 is 1.38. The Balaban J connectivity index is 2.04. The molecule has 1 amide bonds. The van der Waals surface area contributed by atoms with Crippen molar-refractivity contribution < 1.29 is 10.0 Å². The Bertz CT molecular complexity index is 884. The maximum absolute atomic E-state index is 11.7. The first-order valence-corrected chi connectivity index (χ1v) is 9.67. The minimum absolute atomic E-state index is 0.0751. The van der Waals surface area contributed by atoms with Crippen LogP contribution in [0.4, 0.5) is 0 Å². The first kappa shape index (κ1) is 19.3. The van der Waals surface area contributed by atoms with Crippen LogP contribution >= 0.6 is 11.8 Å². The second kappa shape index (κ2) is 7.66. The van der Waals surface area contributed by atoms with E-state index >= 15 is 0 Å². The molecule has 0 aromatic heterocycles. The van der Waals surface area contributed by atoms with Gasteiger partial charge < -0.3 is 0 Å². The second-order valence-corrected chi connectivity index (χ2v) is 8.30. The van der Waals surface area contributed by atoms with E-state index < -0.39 is 0 Å². The zero-order valence-corrected chi connectivity index (χ0v) is 16.7. The van der Waals surface area contributed by atoms with Gasteiger partial charge in [-0.1, -0.05) is 52.0 Å². The van der Waals surface area contributed by atoms with E-state index in [1.54, 1.807) is 19.3 Å². The number of allylic oxidation sites excluding steroid dienone is 4. The molecule has 3 rings (SSSR count). The van der Waals surface area contributed by atoms with Crippen molar-refractivity contribution in [3.63, 3.8) is 0 Å². The molecule has 0 unspecified atom stereocenters. The highest BCUT2D eigenvalue weighted by atomic mass is 32.2. The van der Waals surface area contributed by atoms with Gasteiger partial charge in [-0.3, -0.25) is 10.0 Å². The molecule has 6 heteroatoms. The highest BCUT2D eigenvalue weighted by molar-refractivity contribution is 8.18. The van der Waals surface area contributed by atoms with E-state index in [-0.39, 0.29) is 11.3 Å². The maximum atomic E-state index is 11.7. The van der Waals surface area contributed by atoms with Gasteiger partial charge in [-0.2, -0.15) is 4.99 Å². The predicted octanol–water partition coefficient (Wildman–Crippen LogP) is 4.80. The van der Waals surface area contributed by atoms with Crippen LogP contribution in [-0.4, -0.2) is 27.1 Å². The summed E-state index contributed by atoms with van der Waals surface area (Å²) in [5, 5.41) is 10.9. The van der Waals surface area contributed by atoms with Gasteiger partial charge in [-0.05, 0) is 40.5 Å². The zero-order valence-electron chi connectivity index (χ0n) is 15.9. The molecule has 0 atom stereocenters. The molecule has 1 aromatic carbocycles. The molecule has 140 valence electrons. The lowest BCUT2D eigenvalue weighted by Crippen LogP contribution is -2.11. The van der Waals surface area contributed by atoms with Crippen molar-refractivity contribution in [2.45, 2.75) is 39.5 Å². The second-order valence-electron chi connectivity index (χ2n) is 7.33. The Kier molecular flexibility index (Phi) is 5.48. The van der Waals surface area contributed by atoms with E-state index in [9.17, 15) is 10.0 Å². The number of amides is 1. The van der Waals surface area contributed by atoms with Crippen LogP contribution in [0.5, 0.6) is 0 Å². The number of rotatable bonds is 2. The van der Waals surface area contributed by atoms with Crippen LogP contribution < -0.4 is 0 Å². The van der Waals surface area contributed by atoms with Gasteiger partial charge in [0.25, 0.3) is 0 Å². The van der Waals surface area contributed by atoms with Crippen LogP contribution in [-0.2, 0) is 10.2 Å². The summed E-state index contributed by atoms with van der Waals surface area (Å²) in [7, 11) is 0. The Morgan fingerprint density at radius 1 is 1.19 bits per heavy atom. The minimum atomic E-state index is -0.189. The molecule has 0 bridgehead atoms. The lowest BCUT2D eigenvalue weighted by Gasteiger charge is -2.19. The van der Waals surface area contributed by atoms with Crippen LogP contribution in [0.3, 0.4) is 0 Å². The molecule has 2 aliphatic heterocycles. The maximum Gasteiger partial charge on any atom is 0.247 e. The van der Waals surface area contributed by atoms with E-state index in [1.165, 1.54) is 17.3 Å². The minimum Gasteiger partial charge on any atom is -0.285 e. The van der Waals surface area contributed by atoms with Crippen LogP contribution in [0.15, 0.2) is 69.3 Å². The van der Waals surface area contributed by atoms with Gasteiger partial charge in [0.05, 0.1) is 5.71 Å². The van der Waals surface area contributed by atoms with Gasteiger partial charge in [0.1, 0.15) is 0 Å².